The molecule has 2 aliphatic rings. The number of nitrogens with zero attached hydrogens (tertiary/aromatic N) is 4. The Morgan fingerprint density at radius 2 is 1.22 bits per heavy atom. The van der Waals surface area contributed by atoms with Crippen LogP contribution in [0.1, 0.15) is 122 Å². The Hall–Kier alpha value is -5.28. The molecule has 24 heteroatoms. The minimum atomic E-state index is -2.14. The molecule has 0 aliphatic carbocycles. The van der Waals surface area contributed by atoms with Gasteiger partial charge in [-0.1, -0.05) is 52.3 Å². The van der Waals surface area contributed by atoms with E-state index < -0.39 is 39.3 Å². The molecule has 4 amide bonds. The van der Waals surface area contributed by atoms with E-state index in [0.29, 0.717) is 32.7 Å². The number of nitro groups is 1. The number of likely N-dealkylation sites (tertiary alicyclic amines) is 2. The fraction of sp³-hybridized carbons (Fsp3) is 0.618. The lowest BCUT2D eigenvalue weighted by Crippen LogP contribution is -2.46. The van der Waals surface area contributed by atoms with Crippen molar-refractivity contribution in [3.8, 4) is 23.0 Å². The van der Waals surface area contributed by atoms with Crippen LogP contribution in [-0.2, 0) is 18.3 Å². The Labute approximate surface area is 476 Å². The van der Waals surface area contributed by atoms with Crippen molar-refractivity contribution in [2.45, 2.75) is 166 Å². The van der Waals surface area contributed by atoms with Crippen molar-refractivity contribution in [1.82, 2.24) is 14.8 Å². The van der Waals surface area contributed by atoms with Gasteiger partial charge in [0.15, 0.2) is 44.7 Å². The van der Waals surface area contributed by atoms with Gasteiger partial charge in [0, 0.05) is 49.2 Å². The summed E-state index contributed by atoms with van der Waals surface area (Å²) in [5, 5.41) is 17.0. The summed E-state index contributed by atoms with van der Waals surface area (Å²) in [5.41, 5.74) is -0.256. The number of aromatic nitrogens is 1. The van der Waals surface area contributed by atoms with Crippen molar-refractivity contribution >= 4 is 79.3 Å². The number of anilines is 2. The average Bonchev–Trinajstić information content (AvgIpc) is 4.06. The van der Waals surface area contributed by atoms with Crippen molar-refractivity contribution in [3.63, 3.8) is 0 Å². The van der Waals surface area contributed by atoms with E-state index in [2.05, 4.69) is 83.3 Å². The highest BCUT2D eigenvalue weighted by Crippen LogP contribution is 2.42. The first-order valence-electron chi connectivity index (χ1n) is 26.8. The summed E-state index contributed by atoms with van der Waals surface area (Å²) in [5.74, 6) is 0.385. The highest BCUT2D eigenvalue weighted by atomic mass is 33.1. The standard InChI is InChI=1S/C55H84N6O14S2Si2/c1-36(76-77-48-43(61(66)67)23-17-24-56-48)33-72-51(64)57-41-31-46(44(68-11)29-39(41)49(62)59-25-18-21-37(59)34-73-78(13,14)54(5,6)7)70-27-20-28-71-47-32-42(58-52(65)75-53(2,3)4)40(30-45(47)69-12)50(63)60-26-19-22-38(60)35-74-79(15,16)55(8,9)10/h17,23-24,29-32,36-38H,18-22,25-28,33-35H2,1-16H3,(H,57,64)(H,58,65)/t36-,37+,38+/m1/s1. The highest BCUT2D eigenvalue weighted by Gasteiger charge is 2.41. The second-order valence-electron chi connectivity index (χ2n) is 23.8. The van der Waals surface area contributed by atoms with E-state index in [-0.39, 0.29) is 115 Å². The van der Waals surface area contributed by atoms with Crippen LogP contribution < -0.4 is 29.6 Å². The van der Waals surface area contributed by atoms with E-state index in [1.54, 1.807) is 55.7 Å². The molecule has 2 fully saturated rings. The van der Waals surface area contributed by atoms with Gasteiger partial charge < -0.3 is 47.1 Å². The van der Waals surface area contributed by atoms with Gasteiger partial charge in [-0.2, -0.15) is 0 Å². The van der Waals surface area contributed by atoms with Gasteiger partial charge in [0.2, 0.25) is 0 Å². The highest BCUT2D eigenvalue weighted by molar-refractivity contribution is 8.77. The number of carbonyl (C=O) groups excluding carboxylic acids is 4. The summed E-state index contributed by atoms with van der Waals surface area (Å²) in [7, 11) is 1.05. The number of benzene rings is 2. The van der Waals surface area contributed by atoms with E-state index >= 15 is 0 Å². The van der Waals surface area contributed by atoms with E-state index in [1.165, 1.54) is 49.4 Å². The normalized spacial score (nSPS) is 16.5. The summed E-state index contributed by atoms with van der Waals surface area (Å²) in [6.45, 7) is 30.8. The molecule has 0 radical (unpaired) electrons. The van der Waals surface area contributed by atoms with Gasteiger partial charge in [-0.3, -0.25) is 30.3 Å². The molecule has 0 saturated carbocycles. The first kappa shape index (κ1) is 64.5. The molecule has 0 unspecified atom stereocenters. The SMILES string of the molecule is COc1cc(C(=O)N2CCC[C@H]2CO[Si](C)(C)C(C)(C)C)c(NC(=O)OC[C@@H](C)SSc2ncccc2[N+](=O)[O-])cc1OCCCOc1cc(NC(=O)OC(C)(C)C)c(C(=O)N2CCC[C@H]2CO[Si](C)(C)C(C)(C)C)cc1OC. The third kappa shape index (κ3) is 17.9. The molecule has 79 heavy (non-hydrogen) atoms. The number of methoxy groups -OCH3 is 2. The minimum Gasteiger partial charge on any atom is -0.493 e. The first-order chi connectivity index (χ1) is 36.9. The molecular formula is C55H84N6O14S2Si2. The summed E-state index contributed by atoms with van der Waals surface area (Å²) in [4.78, 5) is 74.7. The number of amides is 4. The van der Waals surface area contributed by atoms with Gasteiger partial charge in [0.25, 0.3) is 11.8 Å². The fourth-order valence-corrected chi connectivity index (χ4v) is 12.2. The predicted octanol–water partition coefficient (Wildman–Crippen LogP) is 12.8. The molecule has 20 nitrogen and oxygen atoms in total. The van der Waals surface area contributed by atoms with E-state index in [1.807, 2.05) is 0 Å². The monoisotopic (exact) mass is 1170 g/mol. The molecule has 438 valence electrons. The van der Waals surface area contributed by atoms with Crippen molar-refractivity contribution in [2.75, 3.05) is 71.0 Å². The van der Waals surface area contributed by atoms with Crippen LogP contribution in [0.2, 0.25) is 36.3 Å². The van der Waals surface area contributed by atoms with Crippen LogP contribution in [0.15, 0.2) is 47.6 Å². The zero-order chi connectivity index (χ0) is 58.7. The third-order valence-corrected chi connectivity index (χ3v) is 26.4. The lowest BCUT2D eigenvalue weighted by Gasteiger charge is -2.38. The van der Waals surface area contributed by atoms with Crippen molar-refractivity contribution < 1.29 is 61.4 Å². The molecule has 2 saturated heterocycles. The fourth-order valence-electron chi connectivity index (χ4n) is 8.05. The predicted molar refractivity (Wildman–Crippen MR) is 315 cm³/mol. The van der Waals surface area contributed by atoms with Gasteiger partial charge in [0.1, 0.15) is 12.2 Å². The summed E-state index contributed by atoms with van der Waals surface area (Å²) in [6, 6.07) is 8.71. The molecule has 0 bridgehead atoms. The van der Waals surface area contributed by atoms with Crippen LogP contribution >= 0.6 is 21.6 Å². The van der Waals surface area contributed by atoms with Gasteiger partial charge in [0.05, 0.1) is 80.2 Å². The van der Waals surface area contributed by atoms with Gasteiger partial charge in [-0.25, -0.2) is 14.6 Å². The van der Waals surface area contributed by atoms with E-state index in [0.717, 1.165) is 36.5 Å². The maximum atomic E-state index is 14.6. The number of hydrogen-bond donors (Lipinski definition) is 2. The van der Waals surface area contributed by atoms with Crippen molar-refractivity contribution in [3.05, 3.63) is 63.8 Å². The van der Waals surface area contributed by atoms with Crippen LogP contribution in [0.4, 0.5) is 26.7 Å². The van der Waals surface area contributed by atoms with E-state index in [4.69, 9.17) is 37.3 Å². The molecule has 3 atom stereocenters. The largest absolute Gasteiger partial charge is 0.493 e. The molecule has 1 aromatic heterocycles. The van der Waals surface area contributed by atoms with Gasteiger partial charge in [-0.15, -0.1) is 0 Å². The Morgan fingerprint density at radius 1 is 0.747 bits per heavy atom. The number of hydrogen-bond acceptors (Lipinski definition) is 17. The smallest absolute Gasteiger partial charge is 0.412 e. The molecule has 3 aromatic rings. The average molecular weight is 1170 g/mol. The molecule has 2 aliphatic heterocycles. The zero-order valence-corrected chi connectivity index (χ0v) is 52.7. The van der Waals surface area contributed by atoms with Crippen LogP contribution in [-0.4, -0.2) is 144 Å². The third-order valence-electron chi connectivity index (χ3n) is 14.6. The molecule has 2 N–H and O–H groups in total. The lowest BCUT2D eigenvalue weighted by atomic mass is 10.1. The number of ether oxygens (including phenoxy) is 6. The Morgan fingerprint density at radius 3 is 1.65 bits per heavy atom. The topological polar surface area (TPSA) is 229 Å². The Kier molecular flexibility index (Phi) is 22.4. The van der Waals surface area contributed by atoms with Crippen LogP contribution in [0.25, 0.3) is 0 Å². The number of pyridine rings is 1. The van der Waals surface area contributed by atoms with Gasteiger partial charge >= 0.3 is 17.9 Å². The number of carbonyl (C=O) groups is 4. The Bertz CT molecular complexity index is 2630. The number of nitrogens with one attached hydrogen (secondary N) is 2. The molecule has 3 heterocycles. The molecule has 5 rings (SSSR count). The summed E-state index contributed by atoms with van der Waals surface area (Å²) in [6.07, 6.45) is 3.33. The van der Waals surface area contributed by atoms with Crippen LogP contribution in [0.5, 0.6) is 23.0 Å². The maximum absolute atomic E-state index is 14.6. The van der Waals surface area contributed by atoms with Crippen LogP contribution in [0, 0.1) is 10.1 Å². The maximum Gasteiger partial charge on any atom is 0.412 e. The number of rotatable bonds is 24. The minimum absolute atomic E-state index is 0.00192. The molecule has 2 aromatic carbocycles. The van der Waals surface area contributed by atoms with Crippen molar-refractivity contribution in [2.24, 2.45) is 0 Å². The zero-order valence-electron chi connectivity index (χ0n) is 49.1. The first-order valence-corrected chi connectivity index (χ1v) is 34.8. The summed E-state index contributed by atoms with van der Waals surface area (Å²) < 4.78 is 48.5. The second-order valence-corrected chi connectivity index (χ2v) is 36.1. The second kappa shape index (κ2) is 27.5. The lowest BCUT2D eigenvalue weighted by molar-refractivity contribution is -0.388. The van der Waals surface area contributed by atoms with Crippen molar-refractivity contribution in [1.29, 1.82) is 0 Å². The Balaban J connectivity index is 1.35. The summed E-state index contributed by atoms with van der Waals surface area (Å²) >= 11 is 0. The van der Waals surface area contributed by atoms with Gasteiger partial charge in [-0.05, 0) is 119 Å². The molecule has 0 spiro atoms. The molecular weight excluding hydrogens is 1090 g/mol. The quantitative estimate of drug-likeness (QED) is 0.0279. The van der Waals surface area contributed by atoms with E-state index in [9.17, 15) is 29.3 Å². The van der Waals surface area contributed by atoms with Crippen LogP contribution in [0.3, 0.4) is 0 Å².